The Kier molecular flexibility index (Phi) is 5.98. The number of hydrogen-bond acceptors (Lipinski definition) is 4. The van der Waals surface area contributed by atoms with Gasteiger partial charge in [-0.3, -0.25) is 0 Å². The fraction of sp³-hybridized carbons (Fsp3) is 0.467. The Labute approximate surface area is 152 Å². The van der Waals surface area contributed by atoms with Gasteiger partial charge in [-0.2, -0.15) is 4.31 Å². The van der Waals surface area contributed by atoms with Crippen molar-refractivity contribution in [2.75, 3.05) is 19.6 Å². The van der Waals surface area contributed by atoms with Crippen LogP contribution >= 0.6 is 35.3 Å². The minimum atomic E-state index is -3.48. The zero-order valence-corrected chi connectivity index (χ0v) is 16.0. The molecule has 0 unspecified atom stereocenters. The molecule has 0 amide bonds. The van der Waals surface area contributed by atoms with Crippen molar-refractivity contribution < 1.29 is 8.42 Å². The molecule has 1 aliphatic heterocycles. The lowest BCUT2D eigenvalue weighted by Crippen LogP contribution is -2.40. The highest BCUT2D eigenvalue weighted by atomic mass is 35.5. The molecule has 2 heterocycles. The first-order chi connectivity index (χ1) is 10.4. The quantitative estimate of drug-likeness (QED) is 0.863. The molecule has 1 aromatic heterocycles. The topological polar surface area (TPSA) is 63.4 Å². The molecule has 0 atom stereocenters. The van der Waals surface area contributed by atoms with Crippen molar-refractivity contribution in [3.8, 4) is 0 Å². The van der Waals surface area contributed by atoms with Crippen LogP contribution in [-0.2, 0) is 10.0 Å². The summed E-state index contributed by atoms with van der Waals surface area (Å²) in [7, 11) is -3.48. The summed E-state index contributed by atoms with van der Waals surface area (Å²) in [6, 6.07) is 5.43. The molecule has 0 bridgehead atoms. The van der Waals surface area contributed by atoms with Crippen molar-refractivity contribution in [3.05, 3.63) is 28.1 Å². The molecule has 3 rings (SSSR count). The SMILES string of the molecule is Cc1sc2ccc(Cl)cc2c1S(=O)(=O)N1CCC(CN)CC1.Cl. The van der Waals surface area contributed by atoms with Crippen molar-refractivity contribution in [1.82, 2.24) is 4.31 Å². The summed E-state index contributed by atoms with van der Waals surface area (Å²) in [6.45, 7) is 3.57. The molecule has 1 saturated heterocycles. The van der Waals surface area contributed by atoms with Gasteiger partial charge in [-0.15, -0.1) is 23.7 Å². The first kappa shape index (κ1) is 19.0. The number of benzene rings is 1. The van der Waals surface area contributed by atoms with Gasteiger partial charge in [0.15, 0.2) is 0 Å². The van der Waals surface area contributed by atoms with Gasteiger partial charge in [-0.1, -0.05) is 11.6 Å². The van der Waals surface area contributed by atoms with Crippen molar-refractivity contribution in [2.45, 2.75) is 24.7 Å². The maximum atomic E-state index is 13.0. The van der Waals surface area contributed by atoms with Crippen LogP contribution in [-0.4, -0.2) is 32.4 Å². The Balaban J connectivity index is 0.00000192. The van der Waals surface area contributed by atoms with E-state index < -0.39 is 10.0 Å². The summed E-state index contributed by atoms with van der Waals surface area (Å²) >= 11 is 7.55. The first-order valence-corrected chi connectivity index (χ1v) is 9.96. The molecular weight excluding hydrogens is 375 g/mol. The normalized spacial score (nSPS) is 17.3. The Bertz CT molecular complexity index is 797. The number of hydrogen-bond donors (Lipinski definition) is 1. The number of nitrogens with zero attached hydrogens (tertiary/aromatic N) is 1. The van der Waals surface area contributed by atoms with E-state index in [1.165, 1.54) is 11.3 Å². The van der Waals surface area contributed by atoms with Crippen LogP contribution in [0.2, 0.25) is 5.02 Å². The van der Waals surface area contributed by atoms with E-state index in [1.54, 1.807) is 16.4 Å². The number of sulfonamides is 1. The molecule has 23 heavy (non-hydrogen) atoms. The number of rotatable bonds is 3. The predicted octanol–water partition coefficient (Wildman–Crippen LogP) is 3.64. The fourth-order valence-electron chi connectivity index (χ4n) is 3.00. The van der Waals surface area contributed by atoms with Crippen molar-refractivity contribution >= 4 is 55.5 Å². The third-order valence-electron chi connectivity index (χ3n) is 4.27. The lowest BCUT2D eigenvalue weighted by Gasteiger charge is -2.30. The monoisotopic (exact) mass is 394 g/mol. The molecule has 128 valence electrons. The number of thiophene rings is 1. The van der Waals surface area contributed by atoms with E-state index in [4.69, 9.17) is 17.3 Å². The minimum Gasteiger partial charge on any atom is -0.330 e. The predicted molar refractivity (Wildman–Crippen MR) is 99.4 cm³/mol. The van der Waals surface area contributed by atoms with E-state index in [-0.39, 0.29) is 12.4 Å². The zero-order chi connectivity index (χ0) is 15.9. The van der Waals surface area contributed by atoms with Crippen LogP contribution in [0.15, 0.2) is 23.1 Å². The van der Waals surface area contributed by atoms with Gasteiger partial charge in [0, 0.05) is 33.1 Å². The fourth-order valence-corrected chi connectivity index (χ4v) is 6.38. The van der Waals surface area contributed by atoms with Crippen LogP contribution in [0.4, 0.5) is 0 Å². The van der Waals surface area contributed by atoms with Crippen LogP contribution in [0.3, 0.4) is 0 Å². The number of piperidine rings is 1. The van der Waals surface area contributed by atoms with E-state index in [0.717, 1.165) is 27.8 Å². The van der Waals surface area contributed by atoms with Gasteiger partial charge in [0.05, 0.1) is 0 Å². The molecule has 1 fully saturated rings. The van der Waals surface area contributed by atoms with Crippen LogP contribution in [0.5, 0.6) is 0 Å². The molecule has 2 N–H and O–H groups in total. The molecule has 0 radical (unpaired) electrons. The van der Waals surface area contributed by atoms with Crippen LogP contribution < -0.4 is 5.73 Å². The molecular formula is C15H20Cl2N2O2S2. The second-order valence-electron chi connectivity index (χ2n) is 5.71. The minimum absolute atomic E-state index is 0. The van der Waals surface area contributed by atoms with Gasteiger partial charge in [-0.25, -0.2) is 8.42 Å². The number of nitrogens with two attached hydrogens (primary N) is 1. The number of halogens is 2. The number of aryl methyl sites for hydroxylation is 1. The van der Waals surface area contributed by atoms with Crippen molar-refractivity contribution in [1.29, 1.82) is 0 Å². The second-order valence-corrected chi connectivity index (χ2v) is 9.28. The summed E-state index contributed by atoms with van der Waals surface area (Å²) in [6.07, 6.45) is 1.66. The number of fused-ring (bicyclic) bond motifs is 1. The van der Waals surface area contributed by atoms with Crippen LogP contribution in [0.25, 0.3) is 10.1 Å². The van der Waals surface area contributed by atoms with E-state index >= 15 is 0 Å². The average Bonchev–Trinajstić information content (AvgIpc) is 2.83. The Morgan fingerprint density at radius 2 is 2.00 bits per heavy atom. The van der Waals surface area contributed by atoms with Crippen molar-refractivity contribution in [2.24, 2.45) is 11.7 Å². The second kappa shape index (κ2) is 7.25. The van der Waals surface area contributed by atoms with Gasteiger partial charge < -0.3 is 5.73 Å². The van der Waals surface area contributed by atoms with Gasteiger partial charge in [-0.05, 0) is 50.4 Å². The summed E-state index contributed by atoms with van der Waals surface area (Å²) in [5, 5.41) is 1.29. The Hall–Kier alpha value is -0.370. The van der Waals surface area contributed by atoms with E-state index in [2.05, 4.69) is 0 Å². The van der Waals surface area contributed by atoms with E-state index in [9.17, 15) is 8.42 Å². The Morgan fingerprint density at radius 3 is 2.61 bits per heavy atom. The lowest BCUT2D eigenvalue weighted by atomic mass is 9.99. The summed E-state index contributed by atoms with van der Waals surface area (Å²) in [5.74, 6) is 0.432. The zero-order valence-electron chi connectivity index (χ0n) is 12.8. The summed E-state index contributed by atoms with van der Waals surface area (Å²) < 4.78 is 28.6. The van der Waals surface area contributed by atoms with E-state index in [1.807, 2.05) is 13.0 Å². The molecule has 0 aliphatic carbocycles. The van der Waals surface area contributed by atoms with Crippen LogP contribution in [0.1, 0.15) is 17.7 Å². The third-order valence-corrected chi connectivity index (χ3v) is 7.81. The highest BCUT2D eigenvalue weighted by Gasteiger charge is 2.32. The highest BCUT2D eigenvalue weighted by molar-refractivity contribution is 7.89. The molecule has 0 saturated carbocycles. The molecule has 4 nitrogen and oxygen atoms in total. The van der Waals surface area contributed by atoms with Crippen LogP contribution in [0, 0.1) is 12.8 Å². The molecule has 8 heteroatoms. The third kappa shape index (κ3) is 3.52. The molecule has 1 aromatic carbocycles. The largest absolute Gasteiger partial charge is 0.330 e. The maximum absolute atomic E-state index is 13.0. The summed E-state index contributed by atoms with van der Waals surface area (Å²) in [5.41, 5.74) is 5.69. The van der Waals surface area contributed by atoms with Gasteiger partial charge in [0.1, 0.15) is 4.90 Å². The standard InChI is InChI=1S/C15H19ClN2O2S2.ClH/c1-10-15(13-8-12(16)2-3-14(13)21-10)22(19,20)18-6-4-11(9-17)5-7-18;/h2-3,8,11H,4-7,9,17H2,1H3;1H. The maximum Gasteiger partial charge on any atom is 0.244 e. The van der Waals surface area contributed by atoms with Crippen molar-refractivity contribution in [3.63, 3.8) is 0 Å². The van der Waals surface area contributed by atoms with Gasteiger partial charge in [0.2, 0.25) is 10.0 Å². The summed E-state index contributed by atoms with van der Waals surface area (Å²) in [4.78, 5) is 1.24. The van der Waals surface area contributed by atoms with Gasteiger partial charge >= 0.3 is 0 Å². The molecule has 1 aliphatic rings. The Morgan fingerprint density at radius 1 is 1.35 bits per heavy atom. The highest BCUT2D eigenvalue weighted by Crippen LogP contribution is 2.38. The average molecular weight is 395 g/mol. The smallest absolute Gasteiger partial charge is 0.244 e. The van der Waals surface area contributed by atoms with E-state index in [0.29, 0.717) is 35.5 Å². The first-order valence-electron chi connectivity index (χ1n) is 7.32. The molecule has 0 spiro atoms. The van der Waals surface area contributed by atoms with Gasteiger partial charge in [0.25, 0.3) is 0 Å². The lowest BCUT2D eigenvalue weighted by molar-refractivity contribution is 0.278. The molecule has 2 aromatic rings.